The summed E-state index contributed by atoms with van der Waals surface area (Å²) in [7, 11) is 1.96. The monoisotopic (exact) mass is 305 g/mol. The summed E-state index contributed by atoms with van der Waals surface area (Å²) in [6.45, 7) is 1.58. The van der Waals surface area contributed by atoms with Gasteiger partial charge in [0.25, 0.3) is 6.43 Å². The second kappa shape index (κ2) is 5.75. The third-order valence-corrected chi connectivity index (χ3v) is 3.55. The molecule has 7 heteroatoms. The summed E-state index contributed by atoms with van der Waals surface area (Å²) in [6.07, 6.45) is 0.706. The highest BCUT2D eigenvalue weighted by Gasteiger charge is 2.15. The Morgan fingerprint density at radius 2 is 2.05 bits per heavy atom. The van der Waals surface area contributed by atoms with Crippen LogP contribution in [0.1, 0.15) is 18.8 Å². The van der Waals surface area contributed by atoms with Crippen LogP contribution in [0.4, 0.5) is 14.5 Å². The van der Waals surface area contributed by atoms with Gasteiger partial charge in [0.2, 0.25) is 0 Å². The van der Waals surface area contributed by atoms with Gasteiger partial charge in [-0.25, -0.2) is 13.8 Å². The number of aryl methyl sites for hydroxylation is 1. The Labute approximate surface area is 126 Å². The van der Waals surface area contributed by atoms with Gasteiger partial charge in [0.05, 0.1) is 29.0 Å². The Hall–Kier alpha value is -2.44. The molecule has 3 rings (SSSR count). The van der Waals surface area contributed by atoms with Gasteiger partial charge in [-0.1, -0.05) is 12.1 Å². The van der Waals surface area contributed by atoms with Crippen LogP contribution < -0.4 is 5.32 Å². The van der Waals surface area contributed by atoms with E-state index in [-0.39, 0.29) is 6.04 Å². The van der Waals surface area contributed by atoms with Gasteiger partial charge in [-0.2, -0.15) is 5.10 Å². The quantitative estimate of drug-likeness (QED) is 0.787. The van der Waals surface area contributed by atoms with E-state index in [9.17, 15) is 8.78 Å². The van der Waals surface area contributed by atoms with Crippen LogP contribution in [0.15, 0.2) is 36.7 Å². The molecule has 1 aromatic carbocycles. The van der Waals surface area contributed by atoms with Crippen molar-refractivity contribution in [2.24, 2.45) is 7.05 Å². The van der Waals surface area contributed by atoms with Crippen molar-refractivity contribution < 1.29 is 8.78 Å². The van der Waals surface area contributed by atoms with Crippen LogP contribution in [0.2, 0.25) is 0 Å². The lowest BCUT2D eigenvalue weighted by Crippen LogP contribution is -2.12. The van der Waals surface area contributed by atoms with Crippen LogP contribution >= 0.6 is 0 Å². The third-order valence-electron chi connectivity index (χ3n) is 3.55. The van der Waals surface area contributed by atoms with E-state index in [1.165, 1.54) is 4.68 Å². The minimum Gasteiger partial charge on any atom is -0.373 e. The Morgan fingerprint density at radius 3 is 2.77 bits per heavy atom. The molecule has 0 unspecified atom stereocenters. The number of nitrogens with one attached hydrogen (secondary N) is 1. The lowest BCUT2D eigenvalue weighted by molar-refractivity contribution is 0.122. The van der Waals surface area contributed by atoms with Crippen LogP contribution in [-0.2, 0) is 13.6 Å². The average molecular weight is 305 g/mol. The number of aromatic nitrogens is 4. The summed E-state index contributed by atoms with van der Waals surface area (Å²) < 4.78 is 27.9. The number of imidazole rings is 1. The molecule has 5 nitrogen and oxygen atoms in total. The number of fused-ring (bicyclic) bond motifs is 1. The Bertz CT molecular complexity index is 777. The smallest absolute Gasteiger partial charge is 0.257 e. The average Bonchev–Trinajstić information content (AvgIpc) is 3.04. The van der Waals surface area contributed by atoms with E-state index < -0.39 is 13.0 Å². The van der Waals surface area contributed by atoms with Crippen molar-refractivity contribution in [3.8, 4) is 0 Å². The molecule has 1 atom stereocenters. The van der Waals surface area contributed by atoms with Crippen molar-refractivity contribution in [1.29, 1.82) is 0 Å². The van der Waals surface area contributed by atoms with E-state index in [0.29, 0.717) is 5.69 Å². The molecule has 2 heterocycles. The molecule has 116 valence electrons. The standard InChI is InChI=1S/C15H17F2N5/c1-10(19-11-7-18-22(8-11)9-14(16)17)15-20-12-5-3-4-6-13(12)21(15)2/h3-8,10,14,19H,9H2,1-2H3/t10-/m1/s1. The number of hydrogen-bond acceptors (Lipinski definition) is 3. The van der Waals surface area contributed by atoms with Gasteiger partial charge in [0.15, 0.2) is 0 Å². The van der Waals surface area contributed by atoms with E-state index in [1.807, 2.05) is 42.8 Å². The maximum absolute atomic E-state index is 12.3. The molecule has 0 saturated heterocycles. The van der Waals surface area contributed by atoms with Gasteiger partial charge in [-0.3, -0.25) is 4.68 Å². The molecule has 0 spiro atoms. The van der Waals surface area contributed by atoms with Crippen molar-refractivity contribution in [2.45, 2.75) is 25.9 Å². The SMILES string of the molecule is C[C@@H](Nc1cnn(CC(F)F)c1)c1nc2ccccc2n1C. The Balaban J connectivity index is 1.79. The lowest BCUT2D eigenvalue weighted by Gasteiger charge is -2.13. The number of hydrogen-bond donors (Lipinski definition) is 1. The van der Waals surface area contributed by atoms with Gasteiger partial charge < -0.3 is 9.88 Å². The molecular formula is C15H17F2N5. The van der Waals surface area contributed by atoms with Crippen molar-refractivity contribution in [1.82, 2.24) is 19.3 Å². The zero-order valence-corrected chi connectivity index (χ0v) is 12.4. The first kappa shape index (κ1) is 14.5. The molecular weight excluding hydrogens is 288 g/mol. The Kier molecular flexibility index (Phi) is 3.79. The summed E-state index contributed by atoms with van der Waals surface area (Å²) in [6, 6.07) is 7.83. The molecule has 0 bridgehead atoms. The molecule has 0 fully saturated rings. The van der Waals surface area contributed by atoms with E-state index in [2.05, 4.69) is 15.4 Å². The minimum atomic E-state index is -2.41. The van der Waals surface area contributed by atoms with Crippen molar-refractivity contribution in [3.63, 3.8) is 0 Å². The summed E-state index contributed by atoms with van der Waals surface area (Å²) in [5, 5.41) is 7.16. The molecule has 0 aliphatic carbocycles. The highest BCUT2D eigenvalue weighted by atomic mass is 19.3. The number of benzene rings is 1. The number of rotatable bonds is 5. The molecule has 0 amide bonds. The predicted octanol–water partition coefficient (Wildman–Crippen LogP) is 3.21. The zero-order valence-electron chi connectivity index (χ0n) is 12.4. The zero-order chi connectivity index (χ0) is 15.7. The van der Waals surface area contributed by atoms with E-state index >= 15 is 0 Å². The van der Waals surface area contributed by atoms with E-state index in [1.54, 1.807) is 12.4 Å². The first-order chi connectivity index (χ1) is 10.5. The fourth-order valence-electron chi connectivity index (χ4n) is 2.55. The first-order valence-corrected chi connectivity index (χ1v) is 7.03. The van der Waals surface area contributed by atoms with Gasteiger partial charge in [-0.15, -0.1) is 0 Å². The summed E-state index contributed by atoms with van der Waals surface area (Å²) in [4.78, 5) is 4.62. The number of nitrogens with zero attached hydrogens (tertiary/aromatic N) is 4. The fourth-order valence-corrected chi connectivity index (χ4v) is 2.55. The van der Waals surface area contributed by atoms with Crippen molar-refractivity contribution in [3.05, 3.63) is 42.5 Å². The molecule has 1 N–H and O–H groups in total. The van der Waals surface area contributed by atoms with Gasteiger partial charge in [0, 0.05) is 13.2 Å². The number of anilines is 1. The maximum Gasteiger partial charge on any atom is 0.257 e. The predicted molar refractivity (Wildman–Crippen MR) is 81.0 cm³/mol. The summed E-state index contributed by atoms with van der Waals surface area (Å²) >= 11 is 0. The second-order valence-electron chi connectivity index (χ2n) is 5.23. The highest BCUT2D eigenvalue weighted by molar-refractivity contribution is 5.76. The number of alkyl halides is 2. The van der Waals surface area contributed by atoms with Crippen molar-refractivity contribution in [2.75, 3.05) is 5.32 Å². The van der Waals surface area contributed by atoms with Crippen LogP contribution in [0.25, 0.3) is 11.0 Å². The lowest BCUT2D eigenvalue weighted by atomic mass is 10.3. The van der Waals surface area contributed by atoms with E-state index in [4.69, 9.17) is 0 Å². The highest BCUT2D eigenvalue weighted by Crippen LogP contribution is 2.22. The van der Waals surface area contributed by atoms with Crippen LogP contribution in [0.3, 0.4) is 0 Å². The number of halogens is 2. The molecule has 0 aliphatic rings. The van der Waals surface area contributed by atoms with Crippen LogP contribution in [0, 0.1) is 0 Å². The minimum absolute atomic E-state index is 0.0680. The summed E-state index contributed by atoms with van der Waals surface area (Å²) in [5.41, 5.74) is 2.68. The summed E-state index contributed by atoms with van der Waals surface area (Å²) in [5.74, 6) is 0.878. The molecule has 3 aromatic rings. The molecule has 2 aromatic heterocycles. The van der Waals surface area contributed by atoms with Gasteiger partial charge in [0.1, 0.15) is 12.4 Å². The van der Waals surface area contributed by atoms with Gasteiger partial charge in [-0.05, 0) is 19.1 Å². The number of para-hydroxylation sites is 2. The second-order valence-corrected chi connectivity index (χ2v) is 5.23. The van der Waals surface area contributed by atoms with Crippen LogP contribution in [-0.4, -0.2) is 25.8 Å². The molecule has 0 saturated carbocycles. The maximum atomic E-state index is 12.3. The van der Waals surface area contributed by atoms with Crippen molar-refractivity contribution >= 4 is 16.7 Å². The first-order valence-electron chi connectivity index (χ1n) is 7.03. The molecule has 22 heavy (non-hydrogen) atoms. The van der Waals surface area contributed by atoms with Crippen LogP contribution in [0.5, 0.6) is 0 Å². The third kappa shape index (κ3) is 2.79. The Morgan fingerprint density at radius 1 is 1.27 bits per heavy atom. The van der Waals surface area contributed by atoms with Gasteiger partial charge >= 0.3 is 0 Å². The fraction of sp³-hybridized carbons (Fsp3) is 0.333. The normalized spacial score (nSPS) is 13.0. The largest absolute Gasteiger partial charge is 0.373 e. The molecule has 0 aliphatic heterocycles. The topological polar surface area (TPSA) is 47.7 Å². The molecule has 0 radical (unpaired) electrons. The van der Waals surface area contributed by atoms with E-state index in [0.717, 1.165) is 16.9 Å².